The van der Waals surface area contributed by atoms with E-state index in [1.165, 1.54) is 12.8 Å². The van der Waals surface area contributed by atoms with Gasteiger partial charge in [-0.05, 0) is 50.4 Å². The van der Waals surface area contributed by atoms with Crippen molar-refractivity contribution in [2.75, 3.05) is 0 Å². The summed E-state index contributed by atoms with van der Waals surface area (Å²) in [5, 5.41) is 0. The van der Waals surface area contributed by atoms with Crippen LogP contribution in [-0.2, 0) is 19.2 Å². The standard InChI is InChI=1S/C18H30O4/c1-5-6-15-12(3)14-8-7-11(2)13-9-10-17(4)20-16(19-15)18(13,14)22-21-17/h11-16H,5-10H2,1-4H3/t11-,12-,13+,14+,15?,16-,17+,18-/m1/s1. The molecule has 4 nitrogen and oxygen atoms in total. The normalized spacial score (nSPS) is 57.3. The van der Waals surface area contributed by atoms with E-state index in [-0.39, 0.29) is 12.4 Å². The van der Waals surface area contributed by atoms with E-state index in [0.717, 1.165) is 25.7 Å². The molecule has 1 aliphatic carbocycles. The summed E-state index contributed by atoms with van der Waals surface area (Å²) in [6.45, 7) is 8.92. The molecule has 5 fully saturated rings. The van der Waals surface area contributed by atoms with E-state index >= 15 is 0 Å². The quantitative estimate of drug-likeness (QED) is 0.721. The van der Waals surface area contributed by atoms with Gasteiger partial charge in [0, 0.05) is 12.3 Å². The van der Waals surface area contributed by atoms with Gasteiger partial charge in [-0.3, -0.25) is 0 Å². The summed E-state index contributed by atoms with van der Waals surface area (Å²) in [5.74, 6) is 1.46. The molecule has 4 heteroatoms. The van der Waals surface area contributed by atoms with Crippen LogP contribution in [0.3, 0.4) is 0 Å². The average molecular weight is 310 g/mol. The molecule has 1 unspecified atom stereocenters. The Hall–Kier alpha value is -0.160. The van der Waals surface area contributed by atoms with Crippen molar-refractivity contribution in [3.05, 3.63) is 0 Å². The third-order valence-electron chi connectivity index (χ3n) is 6.87. The summed E-state index contributed by atoms with van der Waals surface area (Å²) in [6.07, 6.45) is 6.75. The molecule has 0 aromatic rings. The zero-order valence-electron chi connectivity index (χ0n) is 14.3. The van der Waals surface area contributed by atoms with E-state index in [2.05, 4.69) is 20.8 Å². The fourth-order valence-corrected chi connectivity index (χ4v) is 5.59. The molecular formula is C18H30O4. The van der Waals surface area contributed by atoms with E-state index in [1.807, 2.05) is 6.92 Å². The second kappa shape index (κ2) is 5.17. The van der Waals surface area contributed by atoms with Crippen LogP contribution in [0.2, 0.25) is 0 Å². The lowest BCUT2D eigenvalue weighted by atomic mass is 9.57. The van der Waals surface area contributed by atoms with Gasteiger partial charge >= 0.3 is 0 Å². The van der Waals surface area contributed by atoms with Crippen molar-refractivity contribution >= 4 is 0 Å². The summed E-state index contributed by atoms with van der Waals surface area (Å²) in [6, 6.07) is 0. The van der Waals surface area contributed by atoms with Crippen molar-refractivity contribution in [1.29, 1.82) is 0 Å². The van der Waals surface area contributed by atoms with Crippen LogP contribution < -0.4 is 0 Å². The minimum atomic E-state index is -0.644. The van der Waals surface area contributed by atoms with Crippen LogP contribution in [0.1, 0.15) is 66.2 Å². The average Bonchev–Trinajstić information content (AvgIpc) is 2.71. The second-order valence-electron chi connectivity index (χ2n) is 8.23. The first-order valence-corrected chi connectivity index (χ1v) is 9.20. The molecule has 22 heavy (non-hydrogen) atoms. The summed E-state index contributed by atoms with van der Waals surface area (Å²) < 4.78 is 12.8. The molecule has 0 aromatic carbocycles. The molecule has 0 aromatic heterocycles. The Morgan fingerprint density at radius 2 is 1.86 bits per heavy atom. The first kappa shape index (κ1) is 15.4. The van der Waals surface area contributed by atoms with Crippen LogP contribution in [0.5, 0.6) is 0 Å². The minimum absolute atomic E-state index is 0.265. The molecule has 4 heterocycles. The van der Waals surface area contributed by atoms with Crippen LogP contribution in [0, 0.1) is 23.7 Å². The van der Waals surface area contributed by atoms with E-state index in [4.69, 9.17) is 19.2 Å². The van der Waals surface area contributed by atoms with Gasteiger partial charge in [0.1, 0.15) is 0 Å². The number of ether oxygens (including phenoxy) is 2. The van der Waals surface area contributed by atoms with Crippen molar-refractivity contribution in [2.24, 2.45) is 23.7 Å². The third kappa shape index (κ3) is 1.97. The zero-order chi connectivity index (χ0) is 15.5. The fraction of sp³-hybridized carbons (Fsp3) is 1.00. The molecule has 2 bridgehead atoms. The maximum absolute atomic E-state index is 6.47. The van der Waals surface area contributed by atoms with Gasteiger partial charge in [-0.15, -0.1) is 0 Å². The van der Waals surface area contributed by atoms with E-state index in [1.54, 1.807) is 0 Å². The van der Waals surface area contributed by atoms with Crippen molar-refractivity contribution in [3.63, 3.8) is 0 Å². The lowest BCUT2D eigenvalue weighted by Crippen LogP contribution is -2.70. The van der Waals surface area contributed by atoms with Gasteiger partial charge in [0.2, 0.25) is 5.79 Å². The highest BCUT2D eigenvalue weighted by Crippen LogP contribution is 2.60. The van der Waals surface area contributed by atoms with Crippen molar-refractivity contribution in [2.45, 2.75) is 90.0 Å². The zero-order valence-corrected chi connectivity index (χ0v) is 14.3. The molecule has 5 aliphatic rings. The smallest absolute Gasteiger partial charge is 0.201 e. The highest BCUT2D eigenvalue weighted by atomic mass is 17.3. The molecule has 0 N–H and O–H groups in total. The van der Waals surface area contributed by atoms with Gasteiger partial charge in [0.05, 0.1) is 6.10 Å². The Labute approximate surface area is 133 Å². The predicted octanol–water partition coefficient (Wildman–Crippen LogP) is 4.04. The topological polar surface area (TPSA) is 36.9 Å². The van der Waals surface area contributed by atoms with Crippen molar-refractivity contribution in [3.8, 4) is 0 Å². The Bertz CT molecular complexity index is 441. The first-order chi connectivity index (χ1) is 10.5. The largest absolute Gasteiger partial charge is 0.346 e. The van der Waals surface area contributed by atoms with Gasteiger partial charge < -0.3 is 9.47 Å². The molecule has 4 aliphatic heterocycles. The minimum Gasteiger partial charge on any atom is -0.346 e. The van der Waals surface area contributed by atoms with Gasteiger partial charge in [-0.25, -0.2) is 9.78 Å². The highest BCUT2D eigenvalue weighted by Gasteiger charge is 2.69. The highest BCUT2D eigenvalue weighted by molar-refractivity contribution is 5.09. The van der Waals surface area contributed by atoms with Gasteiger partial charge in [0.15, 0.2) is 11.9 Å². The number of fused-ring (bicyclic) bond motifs is 2. The summed E-state index contributed by atoms with van der Waals surface area (Å²) in [4.78, 5) is 12.0. The molecule has 5 rings (SSSR count). The molecule has 8 atom stereocenters. The Morgan fingerprint density at radius 1 is 1.05 bits per heavy atom. The molecular weight excluding hydrogens is 280 g/mol. The van der Waals surface area contributed by atoms with Crippen LogP contribution in [0.4, 0.5) is 0 Å². The van der Waals surface area contributed by atoms with Crippen molar-refractivity contribution < 1.29 is 19.2 Å². The monoisotopic (exact) mass is 310 g/mol. The lowest BCUT2D eigenvalue weighted by molar-refractivity contribution is -0.571. The first-order valence-electron chi connectivity index (χ1n) is 9.20. The summed E-state index contributed by atoms with van der Waals surface area (Å²) in [7, 11) is 0. The van der Waals surface area contributed by atoms with Gasteiger partial charge in [0.25, 0.3) is 0 Å². The Morgan fingerprint density at radius 3 is 2.64 bits per heavy atom. The van der Waals surface area contributed by atoms with Crippen LogP contribution in [0.25, 0.3) is 0 Å². The van der Waals surface area contributed by atoms with Crippen LogP contribution in [0.15, 0.2) is 0 Å². The Balaban J connectivity index is 1.75. The predicted molar refractivity (Wildman–Crippen MR) is 81.7 cm³/mol. The fourth-order valence-electron chi connectivity index (χ4n) is 5.59. The second-order valence-corrected chi connectivity index (χ2v) is 8.23. The van der Waals surface area contributed by atoms with Crippen molar-refractivity contribution in [1.82, 2.24) is 0 Å². The number of hydrogen-bond donors (Lipinski definition) is 0. The van der Waals surface area contributed by atoms with E-state index in [0.29, 0.717) is 23.7 Å². The molecule has 1 saturated carbocycles. The molecule has 1 spiro atoms. The molecule has 0 radical (unpaired) electrons. The summed E-state index contributed by atoms with van der Waals surface area (Å²) in [5.41, 5.74) is -0.392. The SMILES string of the molecule is CCCC1O[C@@H]2O[C@]3(C)CC[C@H]4[C@H](C)CC[C@@H]([C@H]1C)[C@@]24OO3. The number of rotatable bonds is 2. The number of hydrogen-bond acceptors (Lipinski definition) is 4. The van der Waals surface area contributed by atoms with E-state index in [9.17, 15) is 0 Å². The maximum Gasteiger partial charge on any atom is 0.201 e. The maximum atomic E-state index is 6.47. The summed E-state index contributed by atoms with van der Waals surface area (Å²) >= 11 is 0. The van der Waals surface area contributed by atoms with Crippen LogP contribution >= 0.6 is 0 Å². The van der Waals surface area contributed by atoms with Crippen LogP contribution in [-0.4, -0.2) is 23.8 Å². The Kier molecular flexibility index (Phi) is 3.61. The van der Waals surface area contributed by atoms with E-state index < -0.39 is 11.4 Å². The molecule has 4 saturated heterocycles. The molecule has 126 valence electrons. The lowest BCUT2D eigenvalue weighted by Gasteiger charge is -2.60. The third-order valence-corrected chi connectivity index (χ3v) is 6.87. The van der Waals surface area contributed by atoms with Gasteiger partial charge in [-0.2, -0.15) is 0 Å². The molecule has 0 amide bonds. The van der Waals surface area contributed by atoms with Gasteiger partial charge in [-0.1, -0.05) is 27.2 Å².